The highest BCUT2D eigenvalue weighted by Crippen LogP contribution is 2.34. The molecule has 1 aromatic rings. The van der Waals surface area contributed by atoms with Gasteiger partial charge in [0.25, 0.3) is 0 Å². The molecule has 3 nitrogen and oxygen atoms in total. The Morgan fingerprint density at radius 1 is 1.28 bits per heavy atom. The molecule has 0 aliphatic rings. The van der Waals surface area contributed by atoms with Gasteiger partial charge in [-0.1, -0.05) is 12.1 Å². The van der Waals surface area contributed by atoms with E-state index >= 15 is 0 Å². The molecule has 0 heterocycles. The van der Waals surface area contributed by atoms with Gasteiger partial charge < -0.3 is 10.4 Å². The largest absolute Gasteiger partial charge is 0.392 e. The van der Waals surface area contributed by atoms with Gasteiger partial charge >= 0.3 is 6.18 Å². The van der Waals surface area contributed by atoms with Crippen molar-refractivity contribution in [3.05, 3.63) is 29.8 Å². The first-order valence-electron chi connectivity index (χ1n) is 5.27. The monoisotopic (exact) mass is 261 g/mol. The number of anilines is 1. The molecule has 6 heteroatoms. The molecule has 0 radical (unpaired) electrons. The van der Waals surface area contributed by atoms with Crippen molar-refractivity contribution in [2.45, 2.75) is 32.0 Å². The lowest BCUT2D eigenvalue weighted by Gasteiger charge is -2.25. The van der Waals surface area contributed by atoms with Crippen LogP contribution in [0.25, 0.3) is 0 Å². The molecule has 0 aliphatic heterocycles. The summed E-state index contributed by atoms with van der Waals surface area (Å²) >= 11 is 0. The Hall–Kier alpha value is -1.56. The number of amides is 1. The van der Waals surface area contributed by atoms with E-state index in [4.69, 9.17) is 0 Å². The second kappa shape index (κ2) is 4.97. The van der Waals surface area contributed by atoms with Crippen LogP contribution in [0.5, 0.6) is 0 Å². The topological polar surface area (TPSA) is 49.3 Å². The fourth-order valence-electron chi connectivity index (χ4n) is 1.61. The fraction of sp³-hybridized carbons (Fsp3) is 0.417. The van der Waals surface area contributed by atoms with E-state index in [1.165, 1.54) is 31.2 Å². The number of rotatable bonds is 3. The Bertz CT molecular complexity index is 424. The maximum absolute atomic E-state index is 12.3. The number of alkyl halides is 3. The average Bonchev–Trinajstić information content (AvgIpc) is 2.13. The number of hydrogen-bond acceptors (Lipinski definition) is 2. The van der Waals surface area contributed by atoms with Crippen LogP contribution in [0.3, 0.4) is 0 Å². The van der Waals surface area contributed by atoms with E-state index in [0.29, 0.717) is 5.69 Å². The van der Waals surface area contributed by atoms with Gasteiger partial charge in [0.1, 0.15) is 0 Å². The summed E-state index contributed by atoms with van der Waals surface area (Å²) in [5, 5.41) is 12.3. The van der Waals surface area contributed by atoms with Crippen LogP contribution in [-0.2, 0) is 10.4 Å². The van der Waals surface area contributed by atoms with Crippen LogP contribution in [0.4, 0.5) is 18.9 Å². The molecule has 0 aliphatic carbocycles. The van der Waals surface area contributed by atoms with E-state index in [1.807, 2.05) is 0 Å². The van der Waals surface area contributed by atoms with E-state index in [1.54, 1.807) is 0 Å². The van der Waals surface area contributed by atoms with E-state index in [0.717, 1.165) is 6.92 Å². The van der Waals surface area contributed by atoms with Crippen LogP contribution in [0.1, 0.15) is 25.8 Å². The molecule has 0 fully saturated rings. The maximum atomic E-state index is 12.3. The van der Waals surface area contributed by atoms with Crippen molar-refractivity contribution in [2.24, 2.45) is 0 Å². The average molecular weight is 261 g/mol. The summed E-state index contributed by atoms with van der Waals surface area (Å²) < 4.78 is 36.8. The molecular weight excluding hydrogens is 247 g/mol. The number of halogens is 3. The Morgan fingerprint density at radius 3 is 2.17 bits per heavy atom. The van der Waals surface area contributed by atoms with Crippen LogP contribution >= 0.6 is 0 Å². The summed E-state index contributed by atoms with van der Waals surface area (Å²) in [6.07, 6.45) is -5.76. The summed E-state index contributed by atoms with van der Waals surface area (Å²) in [5.74, 6) is -0.273. The Balaban J connectivity index is 2.87. The van der Waals surface area contributed by atoms with Gasteiger partial charge in [-0.3, -0.25) is 4.79 Å². The molecule has 0 saturated heterocycles. The highest BCUT2D eigenvalue weighted by Gasteiger charge is 2.39. The first kappa shape index (κ1) is 14.5. The molecule has 0 aromatic heterocycles. The molecule has 1 amide bonds. The molecule has 0 spiro atoms. The quantitative estimate of drug-likeness (QED) is 0.879. The number of hydrogen-bond donors (Lipinski definition) is 2. The van der Waals surface area contributed by atoms with Crippen molar-refractivity contribution in [1.29, 1.82) is 0 Å². The standard InChI is InChI=1S/C12H14F3NO2/c1-8(17)16-10-5-3-9(4-6-10)11(2,18)7-12(13,14)15/h3-6,18H,7H2,1-2H3,(H,16,17). The van der Waals surface area contributed by atoms with Crippen LogP contribution < -0.4 is 5.32 Å². The number of nitrogens with one attached hydrogen (secondary N) is 1. The zero-order valence-corrected chi connectivity index (χ0v) is 10.0. The predicted molar refractivity (Wildman–Crippen MR) is 61.0 cm³/mol. The Labute approximate surface area is 103 Å². The number of benzene rings is 1. The molecular formula is C12H14F3NO2. The fourth-order valence-corrected chi connectivity index (χ4v) is 1.61. The third-order valence-corrected chi connectivity index (χ3v) is 2.37. The van der Waals surface area contributed by atoms with Crippen molar-refractivity contribution in [3.8, 4) is 0 Å². The molecule has 0 saturated carbocycles. The highest BCUT2D eigenvalue weighted by molar-refractivity contribution is 5.88. The lowest BCUT2D eigenvalue weighted by Crippen LogP contribution is -2.28. The van der Waals surface area contributed by atoms with E-state index < -0.39 is 18.2 Å². The normalized spacial score (nSPS) is 15.0. The maximum Gasteiger partial charge on any atom is 0.392 e. The van der Waals surface area contributed by atoms with Crippen LogP contribution in [0.15, 0.2) is 24.3 Å². The SMILES string of the molecule is CC(=O)Nc1ccc(C(C)(O)CC(F)(F)F)cc1. The third-order valence-electron chi connectivity index (χ3n) is 2.37. The summed E-state index contributed by atoms with van der Waals surface area (Å²) in [6, 6.07) is 5.61. The van der Waals surface area contributed by atoms with Crippen molar-refractivity contribution >= 4 is 11.6 Å². The minimum absolute atomic E-state index is 0.147. The number of aliphatic hydroxyl groups is 1. The second-order valence-corrected chi connectivity index (χ2v) is 4.32. The minimum Gasteiger partial charge on any atom is -0.385 e. The van der Waals surface area contributed by atoms with Gasteiger partial charge in [-0.2, -0.15) is 13.2 Å². The minimum atomic E-state index is -4.44. The van der Waals surface area contributed by atoms with Gasteiger partial charge in [0.15, 0.2) is 0 Å². The molecule has 1 unspecified atom stereocenters. The van der Waals surface area contributed by atoms with Gasteiger partial charge in [0.05, 0.1) is 12.0 Å². The molecule has 100 valence electrons. The van der Waals surface area contributed by atoms with Gasteiger partial charge in [-0.05, 0) is 24.6 Å². The smallest absolute Gasteiger partial charge is 0.385 e. The second-order valence-electron chi connectivity index (χ2n) is 4.32. The highest BCUT2D eigenvalue weighted by atomic mass is 19.4. The van der Waals surface area contributed by atoms with E-state index in [2.05, 4.69) is 5.32 Å². The van der Waals surface area contributed by atoms with Gasteiger partial charge in [-0.15, -0.1) is 0 Å². The number of carbonyl (C=O) groups is 1. The van der Waals surface area contributed by atoms with Crippen molar-refractivity contribution in [2.75, 3.05) is 5.32 Å². The van der Waals surface area contributed by atoms with Gasteiger partial charge in [0.2, 0.25) is 5.91 Å². The molecule has 2 N–H and O–H groups in total. The zero-order chi connectivity index (χ0) is 14.0. The Kier molecular flexibility index (Phi) is 4.01. The van der Waals surface area contributed by atoms with Crippen LogP contribution in [0.2, 0.25) is 0 Å². The number of carbonyl (C=O) groups excluding carboxylic acids is 1. The van der Waals surface area contributed by atoms with Crippen molar-refractivity contribution in [3.63, 3.8) is 0 Å². The Morgan fingerprint density at radius 2 is 1.78 bits per heavy atom. The van der Waals surface area contributed by atoms with Crippen LogP contribution in [-0.4, -0.2) is 17.2 Å². The van der Waals surface area contributed by atoms with Gasteiger partial charge in [-0.25, -0.2) is 0 Å². The summed E-state index contributed by atoms with van der Waals surface area (Å²) in [4.78, 5) is 10.8. The molecule has 1 rings (SSSR count). The summed E-state index contributed by atoms with van der Waals surface area (Å²) in [5.41, 5.74) is -1.37. The predicted octanol–water partition coefficient (Wildman–Crippen LogP) is 2.80. The van der Waals surface area contributed by atoms with E-state index in [9.17, 15) is 23.1 Å². The van der Waals surface area contributed by atoms with Crippen LogP contribution in [0, 0.1) is 0 Å². The van der Waals surface area contributed by atoms with Crippen molar-refractivity contribution < 1.29 is 23.1 Å². The molecule has 18 heavy (non-hydrogen) atoms. The van der Waals surface area contributed by atoms with Gasteiger partial charge in [0, 0.05) is 12.6 Å². The summed E-state index contributed by atoms with van der Waals surface area (Å²) in [7, 11) is 0. The zero-order valence-electron chi connectivity index (χ0n) is 10.0. The molecule has 0 bridgehead atoms. The summed E-state index contributed by atoms with van der Waals surface area (Å²) in [6.45, 7) is 2.43. The first-order valence-corrected chi connectivity index (χ1v) is 5.27. The lowest BCUT2D eigenvalue weighted by molar-refractivity contribution is -0.174. The van der Waals surface area contributed by atoms with Crippen molar-refractivity contribution in [1.82, 2.24) is 0 Å². The third kappa shape index (κ3) is 4.37. The lowest BCUT2D eigenvalue weighted by atomic mass is 9.92. The van der Waals surface area contributed by atoms with E-state index in [-0.39, 0.29) is 11.5 Å². The first-order chi connectivity index (χ1) is 8.10. The molecule has 1 atom stereocenters. The molecule has 1 aromatic carbocycles.